The third kappa shape index (κ3) is 3.31. The summed E-state index contributed by atoms with van der Waals surface area (Å²) in [5.74, 6) is 0.617. The van der Waals surface area contributed by atoms with E-state index in [0.29, 0.717) is 17.2 Å². The molecule has 5 nitrogen and oxygen atoms in total. The Bertz CT molecular complexity index is 883. The van der Waals surface area contributed by atoms with Crippen molar-refractivity contribution in [2.45, 2.75) is 44.7 Å². The van der Waals surface area contributed by atoms with E-state index in [1.165, 1.54) is 6.07 Å². The van der Waals surface area contributed by atoms with Crippen LogP contribution in [-0.2, 0) is 16.9 Å². The number of fused-ring (bicyclic) bond motifs is 1. The number of hydrogen-bond acceptors (Lipinski definition) is 5. The van der Waals surface area contributed by atoms with Crippen LogP contribution in [0.25, 0.3) is 0 Å². The highest BCUT2D eigenvalue weighted by Gasteiger charge is 2.57. The molecule has 3 heterocycles. The molecule has 8 heteroatoms. The Hall–Kier alpha value is -2.32. The first kappa shape index (κ1) is 19.0. The standard InChI is InChI=1S/C20H22F3N3O2/c1-18(2)11-26(12-25-18)14-5-7-17(24-9-14)28-15-6-4-13-10-27-19(3,16(13)8-15)20(21,22)23/h4-9,25H,10-12H2,1-3H3. The summed E-state index contributed by atoms with van der Waals surface area (Å²) in [7, 11) is 0. The molecule has 1 unspecified atom stereocenters. The van der Waals surface area contributed by atoms with Crippen molar-refractivity contribution in [1.29, 1.82) is 0 Å². The van der Waals surface area contributed by atoms with E-state index in [9.17, 15) is 13.2 Å². The first-order chi connectivity index (χ1) is 13.1. The maximum absolute atomic E-state index is 13.4. The number of halogens is 3. The summed E-state index contributed by atoms with van der Waals surface area (Å²) in [4.78, 5) is 6.46. The molecule has 1 saturated heterocycles. The lowest BCUT2D eigenvalue weighted by Crippen LogP contribution is -2.38. The van der Waals surface area contributed by atoms with Gasteiger partial charge in [-0.3, -0.25) is 5.32 Å². The highest BCUT2D eigenvalue weighted by Crippen LogP contribution is 2.48. The van der Waals surface area contributed by atoms with Gasteiger partial charge in [-0.05, 0) is 44.5 Å². The van der Waals surface area contributed by atoms with Crippen molar-refractivity contribution in [3.63, 3.8) is 0 Å². The number of aromatic nitrogens is 1. The lowest BCUT2D eigenvalue weighted by atomic mass is 9.93. The van der Waals surface area contributed by atoms with Crippen LogP contribution in [0.5, 0.6) is 11.6 Å². The van der Waals surface area contributed by atoms with Gasteiger partial charge >= 0.3 is 6.18 Å². The van der Waals surface area contributed by atoms with Crippen LogP contribution in [0.4, 0.5) is 18.9 Å². The Balaban J connectivity index is 1.52. The van der Waals surface area contributed by atoms with Gasteiger partial charge in [-0.2, -0.15) is 13.2 Å². The van der Waals surface area contributed by atoms with Crippen molar-refractivity contribution in [2.24, 2.45) is 0 Å². The molecule has 0 bridgehead atoms. The number of nitrogens with one attached hydrogen (secondary N) is 1. The molecule has 1 N–H and O–H groups in total. The topological polar surface area (TPSA) is 46.6 Å². The van der Waals surface area contributed by atoms with Gasteiger partial charge in [0.2, 0.25) is 5.88 Å². The zero-order chi connectivity index (χ0) is 20.2. The minimum absolute atomic E-state index is 0.0345. The van der Waals surface area contributed by atoms with Crippen LogP contribution in [0.15, 0.2) is 36.5 Å². The highest BCUT2D eigenvalue weighted by molar-refractivity contribution is 5.48. The van der Waals surface area contributed by atoms with Crippen molar-refractivity contribution < 1.29 is 22.6 Å². The zero-order valence-electron chi connectivity index (χ0n) is 15.9. The van der Waals surface area contributed by atoms with Gasteiger partial charge in [-0.15, -0.1) is 0 Å². The van der Waals surface area contributed by atoms with Crippen molar-refractivity contribution >= 4 is 5.69 Å². The molecule has 0 amide bonds. The van der Waals surface area contributed by atoms with Crippen LogP contribution in [-0.4, -0.2) is 29.9 Å². The Morgan fingerprint density at radius 1 is 1.18 bits per heavy atom. The Kier molecular flexibility index (Phi) is 4.31. The van der Waals surface area contributed by atoms with Crippen LogP contribution in [0.3, 0.4) is 0 Å². The van der Waals surface area contributed by atoms with Gasteiger partial charge in [0.25, 0.3) is 0 Å². The molecule has 2 aromatic rings. The van der Waals surface area contributed by atoms with Gasteiger partial charge in [0.15, 0.2) is 5.60 Å². The number of ether oxygens (including phenoxy) is 2. The van der Waals surface area contributed by atoms with Crippen LogP contribution in [0.2, 0.25) is 0 Å². The average Bonchev–Trinajstić information content (AvgIpc) is 3.16. The molecular weight excluding hydrogens is 371 g/mol. The third-order valence-corrected chi connectivity index (χ3v) is 5.30. The van der Waals surface area contributed by atoms with Gasteiger partial charge in [0.1, 0.15) is 5.75 Å². The lowest BCUT2D eigenvalue weighted by molar-refractivity contribution is -0.272. The fraction of sp³-hybridized carbons (Fsp3) is 0.450. The normalized spacial score (nSPS) is 23.7. The van der Waals surface area contributed by atoms with Crippen LogP contribution >= 0.6 is 0 Å². The molecule has 1 fully saturated rings. The molecule has 2 aliphatic rings. The summed E-state index contributed by atoms with van der Waals surface area (Å²) in [6, 6.07) is 8.23. The van der Waals surface area contributed by atoms with E-state index >= 15 is 0 Å². The molecule has 0 radical (unpaired) electrons. The van der Waals surface area contributed by atoms with E-state index in [4.69, 9.17) is 9.47 Å². The van der Waals surface area contributed by atoms with E-state index < -0.39 is 11.8 Å². The first-order valence-electron chi connectivity index (χ1n) is 9.05. The third-order valence-electron chi connectivity index (χ3n) is 5.30. The van der Waals surface area contributed by atoms with Gasteiger partial charge in [0.05, 0.1) is 25.2 Å². The van der Waals surface area contributed by atoms with E-state index in [1.54, 1.807) is 24.4 Å². The Morgan fingerprint density at radius 2 is 1.96 bits per heavy atom. The van der Waals surface area contributed by atoms with E-state index in [0.717, 1.165) is 25.8 Å². The molecule has 4 rings (SSSR count). The van der Waals surface area contributed by atoms with Crippen molar-refractivity contribution in [3.05, 3.63) is 47.7 Å². The molecule has 28 heavy (non-hydrogen) atoms. The number of benzene rings is 1. The number of rotatable bonds is 3. The van der Waals surface area contributed by atoms with Crippen LogP contribution in [0.1, 0.15) is 31.9 Å². The number of anilines is 1. The largest absolute Gasteiger partial charge is 0.439 e. The van der Waals surface area contributed by atoms with Gasteiger partial charge in [0, 0.05) is 23.7 Å². The second-order valence-electron chi connectivity index (χ2n) is 8.01. The molecular formula is C20H22F3N3O2. The summed E-state index contributed by atoms with van der Waals surface area (Å²) in [5, 5.41) is 3.41. The molecule has 0 spiro atoms. The Labute approximate surface area is 161 Å². The fourth-order valence-electron chi connectivity index (χ4n) is 3.55. The maximum Gasteiger partial charge on any atom is 0.421 e. The highest BCUT2D eigenvalue weighted by atomic mass is 19.4. The monoisotopic (exact) mass is 393 g/mol. The molecule has 1 atom stereocenters. The quantitative estimate of drug-likeness (QED) is 0.841. The minimum atomic E-state index is -4.51. The summed E-state index contributed by atoms with van der Waals surface area (Å²) in [5.41, 5.74) is -0.738. The summed E-state index contributed by atoms with van der Waals surface area (Å²) >= 11 is 0. The SMILES string of the molecule is CC1(C)CN(c2ccc(Oc3ccc4c(c3)C(C)(C(F)(F)F)OC4)nc2)CN1. The van der Waals surface area contributed by atoms with Crippen molar-refractivity contribution in [1.82, 2.24) is 10.3 Å². The fourth-order valence-corrected chi connectivity index (χ4v) is 3.55. The van der Waals surface area contributed by atoms with Crippen LogP contribution < -0.4 is 15.0 Å². The predicted molar refractivity (Wildman–Crippen MR) is 98.4 cm³/mol. The average molecular weight is 393 g/mol. The summed E-state index contributed by atoms with van der Waals surface area (Å²) < 4.78 is 51.1. The molecule has 1 aromatic heterocycles. The first-order valence-corrected chi connectivity index (χ1v) is 9.05. The number of hydrogen-bond donors (Lipinski definition) is 1. The molecule has 1 aromatic carbocycles. The molecule has 0 saturated carbocycles. The maximum atomic E-state index is 13.4. The van der Waals surface area contributed by atoms with E-state index in [-0.39, 0.29) is 17.7 Å². The lowest BCUT2D eigenvalue weighted by Gasteiger charge is -2.27. The smallest absolute Gasteiger partial charge is 0.421 e. The van der Waals surface area contributed by atoms with Crippen molar-refractivity contribution in [2.75, 3.05) is 18.1 Å². The van der Waals surface area contributed by atoms with Gasteiger partial charge in [-0.25, -0.2) is 4.98 Å². The minimum Gasteiger partial charge on any atom is -0.439 e. The van der Waals surface area contributed by atoms with Crippen molar-refractivity contribution in [3.8, 4) is 11.6 Å². The molecule has 2 aliphatic heterocycles. The summed E-state index contributed by atoms with van der Waals surface area (Å²) in [6.07, 6.45) is -2.80. The number of nitrogens with zero attached hydrogens (tertiary/aromatic N) is 2. The van der Waals surface area contributed by atoms with E-state index in [2.05, 4.69) is 29.0 Å². The molecule has 150 valence electrons. The second-order valence-corrected chi connectivity index (χ2v) is 8.01. The second kappa shape index (κ2) is 6.35. The van der Waals surface area contributed by atoms with Gasteiger partial charge < -0.3 is 14.4 Å². The van der Waals surface area contributed by atoms with Crippen LogP contribution in [0, 0.1) is 0 Å². The number of alkyl halides is 3. The Morgan fingerprint density at radius 3 is 2.57 bits per heavy atom. The summed E-state index contributed by atoms with van der Waals surface area (Å²) in [6.45, 7) is 6.82. The zero-order valence-corrected chi connectivity index (χ0v) is 15.9. The van der Waals surface area contributed by atoms with E-state index in [1.807, 2.05) is 6.07 Å². The predicted octanol–water partition coefficient (Wildman–Crippen LogP) is 4.33. The molecule has 0 aliphatic carbocycles. The number of pyridine rings is 1. The van der Waals surface area contributed by atoms with Gasteiger partial charge in [-0.1, -0.05) is 6.07 Å².